The first kappa shape index (κ1) is 17.9. The zero-order valence-corrected chi connectivity index (χ0v) is 12.4. The van der Waals surface area contributed by atoms with Crippen LogP contribution in [0.1, 0.15) is 27.2 Å². The first-order valence-electron chi connectivity index (χ1n) is 6.50. The van der Waals surface area contributed by atoms with Gasteiger partial charge in [0.15, 0.2) is 0 Å². The predicted octanol–water partition coefficient (Wildman–Crippen LogP) is 0.413. The fraction of sp³-hybridized carbons (Fsp3) is 0.846. The van der Waals surface area contributed by atoms with Crippen LogP contribution in [0, 0.1) is 0 Å². The molecule has 0 amide bonds. The van der Waals surface area contributed by atoms with Crippen molar-refractivity contribution in [2.75, 3.05) is 39.8 Å². The first-order valence-corrected chi connectivity index (χ1v) is 6.50. The minimum Gasteiger partial charge on any atom is -0.469 e. The molecule has 0 aromatic heterocycles. The number of carbonyl (C=O) groups excluding carboxylic acids is 2. The predicted molar refractivity (Wildman–Crippen MR) is 72.8 cm³/mol. The largest absolute Gasteiger partial charge is 0.469 e. The Balaban J connectivity index is 0.000000399. The van der Waals surface area contributed by atoms with Gasteiger partial charge in [0, 0.05) is 32.7 Å². The third-order valence-electron chi connectivity index (χ3n) is 2.47. The molecule has 0 unspecified atom stereocenters. The Bertz CT molecular complexity index is 258. The number of ether oxygens (including phenoxy) is 2. The van der Waals surface area contributed by atoms with Crippen LogP contribution in [0.5, 0.6) is 0 Å². The van der Waals surface area contributed by atoms with Gasteiger partial charge in [-0.15, -0.1) is 0 Å². The summed E-state index contributed by atoms with van der Waals surface area (Å²) in [7, 11) is 1.43. The SMILES string of the molecule is CC(C)(C)OC=O.COC(=O)CCN1CCNCC1. The van der Waals surface area contributed by atoms with Crippen molar-refractivity contribution in [3.63, 3.8) is 0 Å². The lowest BCUT2D eigenvalue weighted by Crippen LogP contribution is -2.44. The highest BCUT2D eigenvalue weighted by atomic mass is 16.5. The Kier molecular flexibility index (Phi) is 9.16. The molecule has 0 aliphatic carbocycles. The molecule has 6 heteroatoms. The maximum atomic E-state index is 10.8. The van der Waals surface area contributed by atoms with Gasteiger partial charge in [-0.3, -0.25) is 9.59 Å². The molecule has 0 atom stereocenters. The minimum atomic E-state index is -0.318. The Morgan fingerprint density at radius 1 is 1.32 bits per heavy atom. The van der Waals surface area contributed by atoms with Crippen LogP contribution in [0.2, 0.25) is 0 Å². The Morgan fingerprint density at radius 2 is 1.89 bits per heavy atom. The second-order valence-electron chi connectivity index (χ2n) is 5.24. The number of hydrogen-bond acceptors (Lipinski definition) is 6. The zero-order chi connectivity index (χ0) is 14.7. The number of piperazine rings is 1. The van der Waals surface area contributed by atoms with Gasteiger partial charge in [0.2, 0.25) is 0 Å². The highest BCUT2D eigenvalue weighted by Gasteiger charge is 2.10. The molecule has 0 spiro atoms. The minimum absolute atomic E-state index is 0.117. The van der Waals surface area contributed by atoms with E-state index in [-0.39, 0.29) is 11.6 Å². The van der Waals surface area contributed by atoms with Crippen molar-refractivity contribution in [2.45, 2.75) is 32.8 Å². The third-order valence-corrected chi connectivity index (χ3v) is 2.47. The van der Waals surface area contributed by atoms with Crippen molar-refractivity contribution in [3.05, 3.63) is 0 Å². The molecule has 0 radical (unpaired) electrons. The highest BCUT2D eigenvalue weighted by Crippen LogP contribution is 2.02. The summed E-state index contributed by atoms with van der Waals surface area (Å²) in [6.45, 7) is 10.9. The molecule has 0 saturated carbocycles. The molecule has 1 aliphatic heterocycles. The standard InChI is InChI=1S/C8H16N2O2.C5H10O2/c1-12-8(11)2-5-10-6-3-9-4-7-10;1-5(2,3)7-4-6/h9H,2-7H2,1H3;4H,1-3H3. The van der Waals surface area contributed by atoms with Crippen LogP contribution in [0.4, 0.5) is 0 Å². The molecule has 1 heterocycles. The summed E-state index contributed by atoms with van der Waals surface area (Å²) in [5.41, 5.74) is -0.318. The average molecular weight is 274 g/mol. The summed E-state index contributed by atoms with van der Waals surface area (Å²) in [5, 5.41) is 3.26. The van der Waals surface area contributed by atoms with Gasteiger partial charge in [0.05, 0.1) is 13.5 Å². The summed E-state index contributed by atoms with van der Waals surface area (Å²) in [5.74, 6) is -0.117. The van der Waals surface area contributed by atoms with Crippen molar-refractivity contribution >= 4 is 12.4 Å². The molecule has 1 saturated heterocycles. The number of rotatable bonds is 4. The third kappa shape index (κ3) is 11.7. The molecule has 0 bridgehead atoms. The molecular formula is C13H26N2O4. The smallest absolute Gasteiger partial charge is 0.306 e. The maximum absolute atomic E-state index is 10.8. The van der Waals surface area contributed by atoms with E-state index in [0.717, 1.165) is 32.7 Å². The van der Waals surface area contributed by atoms with Crippen LogP contribution in [0.25, 0.3) is 0 Å². The lowest BCUT2D eigenvalue weighted by atomic mass is 10.2. The van der Waals surface area contributed by atoms with Gasteiger partial charge in [0.25, 0.3) is 6.47 Å². The molecule has 19 heavy (non-hydrogen) atoms. The highest BCUT2D eigenvalue weighted by molar-refractivity contribution is 5.69. The monoisotopic (exact) mass is 274 g/mol. The molecular weight excluding hydrogens is 248 g/mol. The molecule has 6 nitrogen and oxygen atoms in total. The van der Waals surface area contributed by atoms with Gasteiger partial charge in [-0.2, -0.15) is 0 Å². The molecule has 112 valence electrons. The number of hydrogen-bond donors (Lipinski definition) is 1. The van der Waals surface area contributed by atoms with Crippen molar-refractivity contribution in [2.24, 2.45) is 0 Å². The van der Waals surface area contributed by atoms with Crippen molar-refractivity contribution < 1.29 is 19.1 Å². The molecule has 1 rings (SSSR count). The summed E-state index contributed by atoms with van der Waals surface area (Å²) < 4.78 is 9.11. The van der Waals surface area contributed by atoms with Crippen molar-refractivity contribution in [3.8, 4) is 0 Å². The van der Waals surface area contributed by atoms with E-state index in [1.165, 1.54) is 7.11 Å². The number of esters is 1. The van der Waals surface area contributed by atoms with Crippen LogP contribution >= 0.6 is 0 Å². The van der Waals surface area contributed by atoms with E-state index in [1.807, 2.05) is 20.8 Å². The Morgan fingerprint density at radius 3 is 2.26 bits per heavy atom. The summed E-state index contributed by atoms with van der Waals surface area (Å²) in [4.78, 5) is 22.7. The van der Waals surface area contributed by atoms with E-state index < -0.39 is 0 Å². The average Bonchev–Trinajstić information content (AvgIpc) is 2.36. The van der Waals surface area contributed by atoms with E-state index in [1.54, 1.807) is 0 Å². The van der Waals surface area contributed by atoms with Crippen LogP contribution < -0.4 is 5.32 Å². The number of nitrogens with zero attached hydrogens (tertiary/aromatic N) is 1. The first-order chi connectivity index (χ1) is 8.89. The number of methoxy groups -OCH3 is 1. The summed E-state index contributed by atoms with van der Waals surface area (Å²) in [6.07, 6.45) is 0.510. The van der Waals surface area contributed by atoms with Crippen LogP contribution in [0.3, 0.4) is 0 Å². The lowest BCUT2D eigenvalue weighted by molar-refractivity contribution is -0.141. The van der Waals surface area contributed by atoms with Crippen LogP contribution in [-0.2, 0) is 19.1 Å². The maximum Gasteiger partial charge on any atom is 0.306 e. The molecule has 0 aromatic rings. The van der Waals surface area contributed by atoms with Gasteiger partial charge >= 0.3 is 5.97 Å². The zero-order valence-electron chi connectivity index (χ0n) is 12.4. The van der Waals surface area contributed by atoms with Crippen molar-refractivity contribution in [1.82, 2.24) is 10.2 Å². The van der Waals surface area contributed by atoms with E-state index in [9.17, 15) is 9.59 Å². The number of nitrogens with one attached hydrogen (secondary N) is 1. The Labute approximate surface area is 115 Å². The van der Waals surface area contributed by atoms with Gasteiger partial charge in [0.1, 0.15) is 5.60 Å². The van der Waals surface area contributed by atoms with Gasteiger partial charge < -0.3 is 19.7 Å². The molecule has 1 N–H and O–H groups in total. The Hall–Kier alpha value is -1.14. The van der Waals surface area contributed by atoms with E-state index >= 15 is 0 Å². The molecule has 0 aromatic carbocycles. The van der Waals surface area contributed by atoms with Gasteiger partial charge in [-0.1, -0.05) is 0 Å². The fourth-order valence-electron chi connectivity index (χ4n) is 1.43. The quantitative estimate of drug-likeness (QED) is 0.592. The molecule has 1 aliphatic rings. The van der Waals surface area contributed by atoms with Gasteiger partial charge in [-0.05, 0) is 20.8 Å². The topological polar surface area (TPSA) is 67.9 Å². The van der Waals surface area contributed by atoms with Crippen LogP contribution in [0.15, 0.2) is 0 Å². The van der Waals surface area contributed by atoms with E-state index in [4.69, 9.17) is 0 Å². The van der Waals surface area contributed by atoms with E-state index in [0.29, 0.717) is 12.9 Å². The normalized spacial score (nSPS) is 16.0. The van der Waals surface area contributed by atoms with Crippen LogP contribution in [-0.4, -0.2) is 62.8 Å². The summed E-state index contributed by atoms with van der Waals surface area (Å²) >= 11 is 0. The lowest BCUT2D eigenvalue weighted by Gasteiger charge is -2.26. The summed E-state index contributed by atoms with van der Waals surface area (Å²) in [6, 6.07) is 0. The van der Waals surface area contributed by atoms with Crippen molar-refractivity contribution in [1.29, 1.82) is 0 Å². The van der Waals surface area contributed by atoms with E-state index in [2.05, 4.69) is 19.7 Å². The second kappa shape index (κ2) is 9.75. The number of carbonyl (C=O) groups is 2. The molecule has 1 fully saturated rings. The fourth-order valence-corrected chi connectivity index (χ4v) is 1.43. The van der Waals surface area contributed by atoms with Gasteiger partial charge in [-0.25, -0.2) is 0 Å². The second-order valence-corrected chi connectivity index (χ2v) is 5.24.